The molecule has 3 nitrogen and oxygen atoms in total. The van der Waals surface area contributed by atoms with Crippen molar-refractivity contribution < 1.29 is 9.63 Å². The highest BCUT2D eigenvalue weighted by Gasteiger charge is 2.30. The Hall–Kier alpha value is -0.570. The number of hydrogen-bond donors (Lipinski definition) is 1. The molecule has 0 aromatic heterocycles. The summed E-state index contributed by atoms with van der Waals surface area (Å²) in [5, 5.41) is 0. The van der Waals surface area contributed by atoms with Gasteiger partial charge in [-0.25, -0.2) is 0 Å². The molecule has 1 fully saturated rings. The van der Waals surface area contributed by atoms with Crippen LogP contribution in [0.3, 0.4) is 0 Å². The highest BCUT2D eigenvalue weighted by Crippen LogP contribution is 2.14. The first-order chi connectivity index (χ1) is 3.60. The molecule has 46 valence electrons. The predicted octanol–water partition coefficient (Wildman–Crippen LogP) is 0.216. The van der Waals surface area contributed by atoms with Gasteiger partial charge in [0.25, 0.3) is 0 Å². The Balaban J connectivity index is 2.56. The van der Waals surface area contributed by atoms with Crippen molar-refractivity contribution in [3.8, 4) is 0 Å². The van der Waals surface area contributed by atoms with Crippen LogP contribution < -0.4 is 5.48 Å². The molecule has 0 unspecified atom stereocenters. The van der Waals surface area contributed by atoms with Gasteiger partial charge in [0.2, 0.25) is 0 Å². The fraction of sp³-hybridized carbons (Fsp3) is 0.800. The molecule has 0 spiro atoms. The molecule has 0 aromatic rings. The van der Waals surface area contributed by atoms with Gasteiger partial charge in [0.05, 0.1) is 12.0 Å². The van der Waals surface area contributed by atoms with E-state index in [2.05, 4.69) is 10.3 Å². The fourth-order valence-electron chi connectivity index (χ4n) is 0.628. The minimum Gasteiger partial charge on any atom is -0.370 e. The summed E-state index contributed by atoms with van der Waals surface area (Å²) in [6, 6.07) is 0. The van der Waals surface area contributed by atoms with Gasteiger partial charge in [-0.05, 0) is 13.8 Å². The van der Waals surface area contributed by atoms with Crippen LogP contribution in [0.25, 0.3) is 0 Å². The Kier molecular flexibility index (Phi) is 1.01. The first kappa shape index (κ1) is 5.56. The van der Waals surface area contributed by atoms with E-state index in [1.807, 2.05) is 13.8 Å². The zero-order valence-corrected chi connectivity index (χ0v) is 5.02. The molecule has 1 aliphatic rings. The topological polar surface area (TPSA) is 38.3 Å². The number of hydrogen-bond acceptors (Lipinski definition) is 3. The normalized spacial score (nSPS) is 25.5. The van der Waals surface area contributed by atoms with Crippen molar-refractivity contribution in [2.45, 2.75) is 25.8 Å². The monoisotopic (exact) mass is 115 g/mol. The maximum atomic E-state index is 10.4. The first-order valence-corrected chi connectivity index (χ1v) is 2.57. The second kappa shape index (κ2) is 1.45. The smallest absolute Gasteiger partial charge is 0.326 e. The molecule has 8 heavy (non-hydrogen) atoms. The largest absolute Gasteiger partial charge is 0.370 e. The Morgan fingerprint density at radius 2 is 2.38 bits per heavy atom. The molecule has 1 rings (SSSR count). The van der Waals surface area contributed by atoms with Crippen LogP contribution in [0.5, 0.6) is 0 Å². The average molecular weight is 115 g/mol. The van der Waals surface area contributed by atoms with Crippen molar-refractivity contribution in [1.82, 2.24) is 5.48 Å². The quantitative estimate of drug-likeness (QED) is 0.490. The average Bonchev–Trinajstić information content (AvgIpc) is 1.82. The van der Waals surface area contributed by atoms with Crippen LogP contribution in [0.2, 0.25) is 0 Å². The van der Waals surface area contributed by atoms with Gasteiger partial charge >= 0.3 is 5.97 Å². The molecule has 0 aliphatic carbocycles. The summed E-state index contributed by atoms with van der Waals surface area (Å²) in [6.45, 7) is 3.83. The second-order valence-corrected chi connectivity index (χ2v) is 2.64. The number of hydroxylamine groups is 1. The molecule has 0 aromatic carbocycles. The molecule has 1 heterocycles. The van der Waals surface area contributed by atoms with E-state index in [0.717, 1.165) is 0 Å². The standard InChI is InChI=1S/C5H9NO2/c1-5(2)3-4(7)8-6-5/h6H,3H2,1-2H3. The molecule has 1 aliphatic heterocycles. The lowest BCUT2D eigenvalue weighted by Crippen LogP contribution is -2.30. The highest BCUT2D eigenvalue weighted by molar-refractivity contribution is 5.72. The minimum atomic E-state index is -0.171. The fourth-order valence-corrected chi connectivity index (χ4v) is 0.628. The van der Waals surface area contributed by atoms with Crippen LogP contribution in [0.15, 0.2) is 0 Å². The summed E-state index contributed by atoms with van der Waals surface area (Å²) in [4.78, 5) is 14.9. The van der Waals surface area contributed by atoms with Crippen molar-refractivity contribution in [2.24, 2.45) is 0 Å². The van der Waals surface area contributed by atoms with E-state index in [1.54, 1.807) is 0 Å². The number of carbonyl (C=O) groups excluding carboxylic acids is 1. The van der Waals surface area contributed by atoms with Crippen LogP contribution in [0.1, 0.15) is 20.3 Å². The highest BCUT2D eigenvalue weighted by atomic mass is 16.7. The number of nitrogens with one attached hydrogen (secondary N) is 1. The van der Waals surface area contributed by atoms with Crippen molar-refractivity contribution in [1.29, 1.82) is 0 Å². The zero-order chi connectivity index (χ0) is 6.20. The molecule has 0 bridgehead atoms. The predicted molar refractivity (Wildman–Crippen MR) is 27.9 cm³/mol. The van der Waals surface area contributed by atoms with Gasteiger partial charge in [-0.2, -0.15) is 0 Å². The molecule has 1 N–H and O–H groups in total. The van der Waals surface area contributed by atoms with E-state index in [4.69, 9.17) is 0 Å². The Morgan fingerprint density at radius 3 is 2.50 bits per heavy atom. The molecule has 0 saturated carbocycles. The van der Waals surface area contributed by atoms with Crippen molar-refractivity contribution in [2.75, 3.05) is 0 Å². The van der Waals surface area contributed by atoms with E-state index in [-0.39, 0.29) is 11.5 Å². The van der Waals surface area contributed by atoms with Crippen molar-refractivity contribution in [3.63, 3.8) is 0 Å². The van der Waals surface area contributed by atoms with Gasteiger partial charge in [0.15, 0.2) is 0 Å². The maximum Gasteiger partial charge on any atom is 0.326 e. The lowest BCUT2D eigenvalue weighted by molar-refractivity contribution is -0.143. The maximum absolute atomic E-state index is 10.4. The third-order valence-corrected chi connectivity index (χ3v) is 1.03. The van der Waals surface area contributed by atoms with Crippen LogP contribution in [-0.2, 0) is 9.63 Å². The molecular formula is C5H9NO2. The van der Waals surface area contributed by atoms with Crippen molar-refractivity contribution in [3.05, 3.63) is 0 Å². The van der Waals surface area contributed by atoms with Gasteiger partial charge in [-0.3, -0.25) is 4.79 Å². The summed E-state index contributed by atoms with van der Waals surface area (Å²) < 4.78 is 0. The summed E-state index contributed by atoms with van der Waals surface area (Å²) in [5.41, 5.74) is 2.44. The summed E-state index contributed by atoms with van der Waals surface area (Å²) in [7, 11) is 0. The third-order valence-electron chi connectivity index (χ3n) is 1.03. The molecule has 1 saturated heterocycles. The van der Waals surface area contributed by atoms with E-state index >= 15 is 0 Å². The lowest BCUT2D eigenvalue weighted by Gasteiger charge is -2.10. The Labute approximate surface area is 48.0 Å². The van der Waals surface area contributed by atoms with Crippen LogP contribution >= 0.6 is 0 Å². The molecule has 3 heteroatoms. The molecule has 0 radical (unpaired) electrons. The van der Waals surface area contributed by atoms with Gasteiger partial charge in [-0.1, -0.05) is 0 Å². The summed E-state index contributed by atoms with van der Waals surface area (Å²) in [6.07, 6.45) is 0.465. The number of rotatable bonds is 0. The van der Waals surface area contributed by atoms with Crippen LogP contribution in [-0.4, -0.2) is 11.5 Å². The van der Waals surface area contributed by atoms with Crippen molar-refractivity contribution >= 4 is 5.97 Å². The van der Waals surface area contributed by atoms with E-state index < -0.39 is 0 Å². The van der Waals surface area contributed by atoms with E-state index in [1.165, 1.54) is 0 Å². The summed E-state index contributed by atoms with van der Waals surface area (Å²) in [5.74, 6) is -0.171. The van der Waals surface area contributed by atoms with Gasteiger partial charge in [0, 0.05) is 0 Å². The molecule has 0 amide bonds. The van der Waals surface area contributed by atoms with E-state index in [9.17, 15) is 4.79 Å². The Morgan fingerprint density at radius 1 is 1.75 bits per heavy atom. The third kappa shape index (κ3) is 0.980. The minimum absolute atomic E-state index is 0.156. The first-order valence-electron chi connectivity index (χ1n) is 2.57. The zero-order valence-electron chi connectivity index (χ0n) is 5.02. The van der Waals surface area contributed by atoms with Gasteiger partial charge in [0.1, 0.15) is 0 Å². The SMILES string of the molecule is CC1(C)CC(=O)ON1. The second-order valence-electron chi connectivity index (χ2n) is 2.64. The number of carbonyl (C=O) groups is 1. The van der Waals surface area contributed by atoms with Crippen LogP contribution in [0.4, 0.5) is 0 Å². The molecular weight excluding hydrogens is 106 g/mol. The summed E-state index contributed by atoms with van der Waals surface area (Å²) >= 11 is 0. The Bertz CT molecular complexity index is 120. The van der Waals surface area contributed by atoms with Crippen LogP contribution in [0, 0.1) is 0 Å². The molecule has 0 atom stereocenters. The van der Waals surface area contributed by atoms with Gasteiger partial charge < -0.3 is 4.84 Å². The van der Waals surface area contributed by atoms with E-state index in [0.29, 0.717) is 6.42 Å². The van der Waals surface area contributed by atoms with Gasteiger partial charge in [-0.15, -0.1) is 5.48 Å². The lowest BCUT2D eigenvalue weighted by atomic mass is 10.0.